The Labute approximate surface area is 109 Å². The summed E-state index contributed by atoms with van der Waals surface area (Å²) < 4.78 is 18.6. The number of nitrogens with zero attached hydrogens (tertiary/aromatic N) is 1. The maximum absolute atomic E-state index is 12.9. The van der Waals surface area contributed by atoms with Crippen LogP contribution >= 0.6 is 0 Å². The van der Waals surface area contributed by atoms with Crippen LogP contribution in [-0.4, -0.2) is 15.5 Å². The summed E-state index contributed by atoms with van der Waals surface area (Å²) in [4.78, 5) is 35.3. The number of hydrogen-bond acceptors (Lipinski definition) is 4. The van der Waals surface area contributed by atoms with Gasteiger partial charge in [0.15, 0.2) is 6.73 Å². The van der Waals surface area contributed by atoms with E-state index < -0.39 is 29.8 Å². The maximum atomic E-state index is 12.9. The Morgan fingerprint density at radius 2 is 2.05 bits per heavy atom. The summed E-state index contributed by atoms with van der Waals surface area (Å²) in [7, 11) is 0. The summed E-state index contributed by atoms with van der Waals surface area (Å²) in [6.45, 7) is 5.54. The van der Waals surface area contributed by atoms with E-state index in [2.05, 4.69) is 0 Å². The number of nitrogens with one attached hydrogen (secondary N) is 1. The lowest BCUT2D eigenvalue weighted by Crippen LogP contribution is -2.32. The van der Waals surface area contributed by atoms with Gasteiger partial charge in [-0.1, -0.05) is 20.8 Å². The van der Waals surface area contributed by atoms with E-state index in [9.17, 15) is 18.8 Å². The van der Waals surface area contributed by atoms with Crippen LogP contribution in [0.4, 0.5) is 4.39 Å². The zero-order valence-corrected chi connectivity index (χ0v) is 11.2. The Balaban J connectivity index is 2.58. The van der Waals surface area contributed by atoms with Crippen molar-refractivity contribution in [3.05, 3.63) is 32.9 Å². The third-order valence-electron chi connectivity index (χ3n) is 2.41. The first-order valence-corrected chi connectivity index (χ1v) is 5.84. The van der Waals surface area contributed by atoms with E-state index >= 15 is 0 Å². The summed E-state index contributed by atoms with van der Waals surface area (Å²) >= 11 is 0. The van der Waals surface area contributed by atoms with Gasteiger partial charge in [0.2, 0.25) is 5.82 Å². The molecule has 19 heavy (non-hydrogen) atoms. The van der Waals surface area contributed by atoms with Crippen molar-refractivity contribution in [2.75, 3.05) is 0 Å². The minimum atomic E-state index is -1.11. The zero-order valence-electron chi connectivity index (χ0n) is 11.2. The molecule has 0 aromatic carbocycles. The van der Waals surface area contributed by atoms with E-state index in [1.54, 1.807) is 4.98 Å². The van der Waals surface area contributed by atoms with E-state index in [-0.39, 0.29) is 11.8 Å². The molecule has 1 aromatic rings. The van der Waals surface area contributed by atoms with Crippen LogP contribution in [0.15, 0.2) is 15.8 Å². The molecule has 0 aliphatic heterocycles. The fourth-order valence-electron chi connectivity index (χ4n) is 1.27. The van der Waals surface area contributed by atoms with Crippen LogP contribution in [-0.2, 0) is 16.3 Å². The van der Waals surface area contributed by atoms with Crippen molar-refractivity contribution >= 4 is 5.97 Å². The minimum Gasteiger partial charge on any atom is -0.444 e. The number of esters is 1. The Morgan fingerprint density at radius 1 is 1.42 bits per heavy atom. The molecular formula is C12H17FN2O4. The maximum Gasteiger partial charge on any atom is 0.331 e. The van der Waals surface area contributed by atoms with Crippen LogP contribution in [0.25, 0.3) is 0 Å². The largest absolute Gasteiger partial charge is 0.444 e. The fourth-order valence-corrected chi connectivity index (χ4v) is 1.27. The van der Waals surface area contributed by atoms with Gasteiger partial charge in [-0.05, 0) is 11.8 Å². The van der Waals surface area contributed by atoms with Crippen molar-refractivity contribution in [2.45, 2.75) is 40.3 Å². The molecule has 0 atom stereocenters. The average Bonchev–Trinajstić information content (AvgIpc) is 2.28. The molecule has 0 fully saturated rings. The van der Waals surface area contributed by atoms with Gasteiger partial charge in [0.25, 0.3) is 5.56 Å². The second-order valence-electron chi connectivity index (χ2n) is 5.41. The average molecular weight is 272 g/mol. The summed E-state index contributed by atoms with van der Waals surface area (Å²) in [5.41, 5.74) is -1.92. The first-order valence-electron chi connectivity index (χ1n) is 5.84. The number of aromatic nitrogens is 2. The third kappa shape index (κ3) is 5.07. The topological polar surface area (TPSA) is 81.2 Å². The van der Waals surface area contributed by atoms with E-state index in [0.717, 1.165) is 4.57 Å². The van der Waals surface area contributed by atoms with Crippen LogP contribution in [0.3, 0.4) is 0 Å². The first-order chi connectivity index (χ1) is 8.69. The Kier molecular flexibility index (Phi) is 4.63. The van der Waals surface area contributed by atoms with Crippen molar-refractivity contribution in [3.8, 4) is 0 Å². The van der Waals surface area contributed by atoms with Crippen LogP contribution < -0.4 is 11.2 Å². The molecule has 1 rings (SSSR count). The number of halogens is 1. The van der Waals surface area contributed by atoms with Gasteiger partial charge in [-0.2, -0.15) is 4.39 Å². The molecule has 0 bridgehead atoms. The van der Waals surface area contributed by atoms with Gasteiger partial charge >= 0.3 is 11.7 Å². The molecule has 7 heteroatoms. The lowest BCUT2D eigenvalue weighted by Gasteiger charge is -2.17. The van der Waals surface area contributed by atoms with E-state index in [1.165, 1.54) is 0 Å². The van der Waals surface area contributed by atoms with Crippen LogP contribution in [0.1, 0.15) is 33.6 Å². The highest BCUT2D eigenvalue weighted by Crippen LogP contribution is 2.20. The van der Waals surface area contributed by atoms with Gasteiger partial charge in [-0.25, -0.2) is 4.79 Å². The Bertz CT molecular complexity index is 568. The molecule has 0 radical (unpaired) electrons. The van der Waals surface area contributed by atoms with Crippen molar-refractivity contribution in [3.63, 3.8) is 0 Å². The molecular weight excluding hydrogens is 255 g/mol. The predicted octanol–water partition coefficient (Wildman–Crippen LogP) is 1.00. The molecule has 0 unspecified atom stereocenters. The van der Waals surface area contributed by atoms with Crippen molar-refractivity contribution in [1.29, 1.82) is 0 Å². The molecule has 1 N–H and O–H groups in total. The molecule has 0 saturated heterocycles. The van der Waals surface area contributed by atoms with Crippen LogP contribution in [0.2, 0.25) is 0 Å². The van der Waals surface area contributed by atoms with E-state index in [4.69, 9.17) is 4.74 Å². The second kappa shape index (κ2) is 5.81. The Hall–Kier alpha value is -1.92. The quantitative estimate of drug-likeness (QED) is 0.829. The van der Waals surface area contributed by atoms with Crippen LogP contribution in [0.5, 0.6) is 0 Å². The molecule has 0 aliphatic rings. The van der Waals surface area contributed by atoms with Crippen LogP contribution in [0, 0.1) is 11.2 Å². The van der Waals surface area contributed by atoms with Gasteiger partial charge in [0.1, 0.15) is 0 Å². The molecule has 0 aliphatic carbocycles. The van der Waals surface area contributed by atoms with E-state index in [0.29, 0.717) is 12.6 Å². The van der Waals surface area contributed by atoms with Crippen molar-refractivity contribution < 1.29 is 13.9 Å². The number of carbonyl (C=O) groups excluding carboxylic acids is 1. The normalized spacial score (nSPS) is 11.4. The number of hydrogen-bond donors (Lipinski definition) is 1. The Morgan fingerprint density at radius 3 is 2.63 bits per heavy atom. The lowest BCUT2D eigenvalue weighted by molar-refractivity contribution is -0.148. The highest BCUT2D eigenvalue weighted by molar-refractivity contribution is 5.69. The monoisotopic (exact) mass is 272 g/mol. The molecule has 6 nitrogen and oxygen atoms in total. The fraction of sp³-hybridized carbons (Fsp3) is 0.583. The van der Waals surface area contributed by atoms with Gasteiger partial charge in [0, 0.05) is 6.42 Å². The summed E-state index contributed by atoms with van der Waals surface area (Å²) in [5.74, 6) is -1.58. The summed E-state index contributed by atoms with van der Waals surface area (Å²) in [6, 6.07) is 0. The van der Waals surface area contributed by atoms with Gasteiger partial charge in [0.05, 0.1) is 6.20 Å². The van der Waals surface area contributed by atoms with E-state index in [1.807, 2.05) is 20.8 Å². The summed E-state index contributed by atoms with van der Waals surface area (Å²) in [6.07, 6.45) is 1.56. The molecule has 106 valence electrons. The van der Waals surface area contributed by atoms with Gasteiger partial charge in [-0.3, -0.25) is 19.1 Å². The SMILES string of the molecule is CC(C)(C)CCC(=O)OCn1cc(F)c(=O)[nH]c1=O. The molecule has 0 spiro atoms. The molecule has 1 aromatic heterocycles. The number of H-pyrrole nitrogens is 1. The molecule has 0 amide bonds. The predicted molar refractivity (Wildman–Crippen MR) is 66.1 cm³/mol. The van der Waals surface area contributed by atoms with Gasteiger partial charge in [-0.15, -0.1) is 0 Å². The van der Waals surface area contributed by atoms with Gasteiger partial charge < -0.3 is 4.74 Å². The number of carbonyl (C=O) groups is 1. The number of rotatable bonds is 4. The first kappa shape index (κ1) is 15.1. The van der Waals surface area contributed by atoms with Crippen molar-refractivity contribution in [1.82, 2.24) is 9.55 Å². The summed E-state index contributed by atoms with van der Waals surface area (Å²) in [5, 5.41) is 0. The zero-order chi connectivity index (χ0) is 14.6. The van der Waals surface area contributed by atoms with Crippen molar-refractivity contribution in [2.24, 2.45) is 5.41 Å². The second-order valence-corrected chi connectivity index (χ2v) is 5.41. The lowest BCUT2D eigenvalue weighted by atomic mass is 9.91. The number of aromatic amines is 1. The highest BCUT2D eigenvalue weighted by atomic mass is 19.1. The standard InChI is InChI=1S/C12H17FN2O4/c1-12(2,3)5-4-9(16)19-7-15-6-8(13)10(17)14-11(15)18/h6H,4-5,7H2,1-3H3,(H,14,17,18). The minimum absolute atomic E-state index is 0.0000503. The highest BCUT2D eigenvalue weighted by Gasteiger charge is 2.14. The molecule has 0 saturated carbocycles. The number of ether oxygens (including phenoxy) is 1. The third-order valence-corrected chi connectivity index (χ3v) is 2.41. The molecule has 1 heterocycles. The smallest absolute Gasteiger partial charge is 0.331 e.